The molecule has 0 saturated carbocycles. The minimum atomic E-state index is -0.780. The molecule has 0 spiro atoms. The summed E-state index contributed by atoms with van der Waals surface area (Å²) >= 11 is 1.38. The van der Waals surface area contributed by atoms with Gasteiger partial charge in [0.1, 0.15) is 5.25 Å². The van der Waals surface area contributed by atoms with Crippen molar-refractivity contribution in [2.75, 3.05) is 5.73 Å². The molecule has 0 unspecified atom stereocenters. The Bertz CT molecular complexity index is 383. The maximum absolute atomic E-state index is 10.7. The summed E-state index contributed by atoms with van der Waals surface area (Å²) in [4.78, 5) is 18.7. The lowest BCUT2D eigenvalue weighted by atomic mass is 10.1. The molecule has 0 saturated heterocycles. The van der Waals surface area contributed by atoms with Crippen molar-refractivity contribution in [1.82, 2.24) is 9.97 Å². The predicted molar refractivity (Wildman–Crippen MR) is 52.9 cm³/mol. The zero-order valence-electron chi connectivity index (χ0n) is 7.30. The number of nitrogen functional groups attached to an aromatic ring is 1. The van der Waals surface area contributed by atoms with Crippen LogP contribution in [0, 0.1) is 0 Å². The van der Waals surface area contributed by atoms with Crippen molar-refractivity contribution in [3.8, 4) is 0 Å². The van der Waals surface area contributed by atoms with Crippen LogP contribution in [0.3, 0.4) is 0 Å². The number of hydrogen-bond acceptors (Lipinski definition) is 5. The van der Waals surface area contributed by atoms with E-state index in [1.165, 1.54) is 11.8 Å². The van der Waals surface area contributed by atoms with Crippen LogP contribution in [0.4, 0.5) is 5.95 Å². The highest BCUT2D eigenvalue weighted by Gasteiger charge is 2.25. The van der Waals surface area contributed by atoms with Crippen LogP contribution in [0.1, 0.15) is 11.3 Å². The van der Waals surface area contributed by atoms with E-state index in [-0.39, 0.29) is 11.2 Å². The third-order valence-corrected chi connectivity index (χ3v) is 3.29. The molecular formula is C8H9N3O2S. The summed E-state index contributed by atoms with van der Waals surface area (Å²) in [6, 6.07) is 0. The number of anilines is 1. The van der Waals surface area contributed by atoms with E-state index in [2.05, 4.69) is 9.97 Å². The largest absolute Gasteiger partial charge is 0.480 e. The van der Waals surface area contributed by atoms with E-state index < -0.39 is 5.97 Å². The average molecular weight is 211 g/mol. The number of carboxylic acid groups (broad SMARTS) is 1. The SMILES string of the molecule is Nc1ncc2c(n1)CS[C@H](C(=O)O)C2. The van der Waals surface area contributed by atoms with Gasteiger partial charge < -0.3 is 10.8 Å². The smallest absolute Gasteiger partial charge is 0.316 e. The molecule has 1 atom stereocenters. The van der Waals surface area contributed by atoms with E-state index in [1.807, 2.05) is 0 Å². The third kappa shape index (κ3) is 1.65. The second-order valence-electron chi connectivity index (χ2n) is 3.04. The number of thioether (sulfide) groups is 1. The molecule has 1 aromatic rings. The summed E-state index contributed by atoms with van der Waals surface area (Å²) < 4.78 is 0. The number of fused-ring (bicyclic) bond motifs is 1. The fourth-order valence-electron chi connectivity index (χ4n) is 1.35. The summed E-state index contributed by atoms with van der Waals surface area (Å²) in [5, 5.41) is 8.45. The molecule has 5 nitrogen and oxygen atoms in total. The van der Waals surface area contributed by atoms with Gasteiger partial charge in [-0.05, 0) is 12.0 Å². The number of nitrogens with two attached hydrogens (primary N) is 1. The van der Waals surface area contributed by atoms with Crippen molar-refractivity contribution in [3.05, 3.63) is 17.5 Å². The molecule has 14 heavy (non-hydrogen) atoms. The Hall–Kier alpha value is -1.30. The number of aliphatic carboxylic acids is 1. The van der Waals surface area contributed by atoms with Gasteiger partial charge in [-0.1, -0.05) is 0 Å². The third-order valence-electron chi connectivity index (χ3n) is 2.07. The first-order chi connectivity index (χ1) is 6.66. The predicted octanol–water partition coefficient (Wildman–Crippen LogP) is 0.301. The Kier molecular flexibility index (Phi) is 2.28. The van der Waals surface area contributed by atoms with Gasteiger partial charge in [-0.2, -0.15) is 0 Å². The number of carboxylic acids is 1. The van der Waals surface area contributed by atoms with Crippen LogP contribution >= 0.6 is 11.8 Å². The van der Waals surface area contributed by atoms with Gasteiger partial charge in [-0.25, -0.2) is 9.97 Å². The van der Waals surface area contributed by atoms with E-state index in [0.29, 0.717) is 12.2 Å². The summed E-state index contributed by atoms with van der Waals surface area (Å²) in [6.07, 6.45) is 2.10. The van der Waals surface area contributed by atoms with Crippen molar-refractivity contribution in [2.24, 2.45) is 0 Å². The van der Waals surface area contributed by atoms with Crippen LogP contribution in [0.25, 0.3) is 0 Å². The topological polar surface area (TPSA) is 89.1 Å². The van der Waals surface area contributed by atoms with Gasteiger partial charge in [0.15, 0.2) is 0 Å². The fraction of sp³-hybridized carbons (Fsp3) is 0.375. The van der Waals surface area contributed by atoms with Crippen molar-refractivity contribution in [2.45, 2.75) is 17.4 Å². The summed E-state index contributed by atoms with van der Waals surface area (Å²) in [6.45, 7) is 0. The highest BCUT2D eigenvalue weighted by atomic mass is 32.2. The Morgan fingerprint density at radius 2 is 2.50 bits per heavy atom. The molecular weight excluding hydrogens is 202 g/mol. The monoisotopic (exact) mass is 211 g/mol. The zero-order valence-corrected chi connectivity index (χ0v) is 8.12. The Balaban J connectivity index is 2.27. The second-order valence-corrected chi connectivity index (χ2v) is 4.23. The van der Waals surface area contributed by atoms with Crippen molar-refractivity contribution < 1.29 is 9.90 Å². The number of rotatable bonds is 1. The molecule has 0 bridgehead atoms. The number of aromatic nitrogens is 2. The van der Waals surface area contributed by atoms with Crippen molar-refractivity contribution in [1.29, 1.82) is 0 Å². The van der Waals surface area contributed by atoms with Crippen LogP contribution < -0.4 is 5.73 Å². The lowest BCUT2D eigenvalue weighted by Gasteiger charge is -2.19. The van der Waals surface area contributed by atoms with Crippen LogP contribution in [0.15, 0.2) is 6.20 Å². The first kappa shape index (κ1) is 9.26. The average Bonchev–Trinajstić information content (AvgIpc) is 2.16. The number of hydrogen-bond donors (Lipinski definition) is 2. The van der Waals surface area contributed by atoms with Crippen LogP contribution in [-0.4, -0.2) is 26.3 Å². The Labute approximate surface area is 84.7 Å². The quantitative estimate of drug-likeness (QED) is 0.694. The lowest BCUT2D eigenvalue weighted by Crippen LogP contribution is -2.24. The molecule has 1 aliphatic heterocycles. The minimum Gasteiger partial charge on any atom is -0.480 e. The minimum absolute atomic E-state index is 0.248. The molecule has 1 aromatic heterocycles. The number of carbonyl (C=O) groups is 1. The van der Waals surface area contributed by atoms with Gasteiger partial charge in [0.25, 0.3) is 0 Å². The highest BCUT2D eigenvalue weighted by molar-refractivity contribution is 7.99. The second kappa shape index (κ2) is 3.45. The van der Waals surface area contributed by atoms with Gasteiger partial charge in [0, 0.05) is 11.9 Å². The fourth-order valence-corrected chi connectivity index (χ4v) is 2.40. The van der Waals surface area contributed by atoms with Gasteiger partial charge >= 0.3 is 5.97 Å². The van der Waals surface area contributed by atoms with Gasteiger partial charge in [-0.15, -0.1) is 11.8 Å². The summed E-state index contributed by atoms with van der Waals surface area (Å²) in [5.41, 5.74) is 7.18. The molecule has 1 aliphatic rings. The van der Waals surface area contributed by atoms with Crippen molar-refractivity contribution >= 4 is 23.7 Å². The zero-order chi connectivity index (χ0) is 10.1. The van der Waals surface area contributed by atoms with Crippen LogP contribution in [-0.2, 0) is 17.0 Å². The molecule has 0 aliphatic carbocycles. The van der Waals surface area contributed by atoms with E-state index in [9.17, 15) is 4.79 Å². The molecule has 2 heterocycles. The molecule has 2 rings (SSSR count). The van der Waals surface area contributed by atoms with E-state index in [1.54, 1.807) is 6.20 Å². The van der Waals surface area contributed by atoms with E-state index in [0.717, 1.165) is 11.3 Å². The molecule has 3 N–H and O–H groups in total. The molecule has 74 valence electrons. The maximum Gasteiger partial charge on any atom is 0.316 e. The number of nitrogens with zero attached hydrogens (tertiary/aromatic N) is 2. The Morgan fingerprint density at radius 1 is 1.71 bits per heavy atom. The molecule has 6 heteroatoms. The standard InChI is InChI=1S/C8H9N3O2S/c9-8-10-2-4-1-6(7(12)13)14-3-5(4)11-8/h2,6H,1,3H2,(H,12,13)(H2,9,10,11)/t6-/m0/s1. The summed E-state index contributed by atoms with van der Waals surface area (Å²) in [7, 11) is 0. The Morgan fingerprint density at radius 3 is 3.21 bits per heavy atom. The molecule has 0 fully saturated rings. The first-order valence-electron chi connectivity index (χ1n) is 4.11. The van der Waals surface area contributed by atoms with E-state index >= 15 is 0 Å². The van der Waals surface area contributed by atoms with Gasteiger partial charge in [0.2, 0.25) is 5.95 Å². The molecule has 0 radical (unpaired) electrons. The van der Waals surface area contributed by atoms with Crippen molar-refractivity contribution in [3.63, 3.8) is 0 Å². The normalized spacial score (nSPS) is 20.1. The summed E-state index contributed by atoms with van der Waals surface area (Å²) in [5.74, 6) is 0.0644. The van der Waals surface area contributed by atoms with Gasteiger partial charge in [-0.3, -0.25) is 4.79 Å². The maximum atomic E-state index is 10.7. The molecule has 0 aromatic carbocycles. The first-order valence-corrected chi connectivity index (χ1v) is 5.16. The molecule has 0 amide bonds. The van der Waals surface area contributed by atoms with E-state index in [4.69, 9.17) is 10.8 Å². The van der Waals surface area contributed by atoms with Gasteiger partial charge in [0.05, 0.1) is 5.69 Å². The highest BCUT2D eigenvalue weighted by Crippen LogP contribution is 2.28. The van der Waals surface area contributed by atoms with Crippen LogP contribution in [0.2, 0.25) is 0 Å². The van der Waals surface area contributed by atoms with Crippen LogP contribution in [0.5, 0.6) is 0 Å². The lowest BCUT2D eigenvalue weighted by molar-refractivity contribution is -0.136.